The molecule has 25 heavy (non-hydrogen) atoms. The van der Waals surface area contributed by atoms with Gasteiger partial charge in [0, 0.05) is 30.7 Å². The van der Waals surface area contributed by atoms with E-state index in [0.717, 1.165) is 44.8 Å². The quantitative estimate of drug-likeness (QED) is 0.793. The lowest BCUT2D eigenvalue weighted by Crippen LogP contribution is -2.53. The van der Waals surface area contributed by atoms with Gasteiger partial charge in [0.25, 0.3) is 5.91 Å². The highest BCUT2D eigenvalue weighted by Gasteiger charge is 2.25. The van der Waals surface area contributed by atoms with E-state index >= 15 is 0 Å². The number of aryl methyl sites for hydroxylation is 1. The molecule has 0 atom stereocenters. The second kappa shape index (κ2) is 8.30. The minimum absolute atomic E-state index is 0.0524. The smallest absolute Gasteiger partial charge is 0.251 e. The number of hydrogen-bond donors (Lipinski definition) is 2. The van der Waals surface area contributed by atoms with Crippen molar-refractivity contribution in [1.29, 1.82) is 0 Å². The van der Waals surface area contributed by atoms with Crippen molar-refractivity contribution in [3.8, 4) is 0 Å². The molecule has 2 N–H and O–H groups in total. The average Bonchev–Trinajstić information content (AvgIpc) is 2.52. The number of aliphatic hydroxyl groups is 1. The van der Waals surface area contributed by atoms with Crippen LogP contribution in [-0.4, -0.2) is 59.9 Å². The molecule has 1 aliphatic rings. The minimum Gasteiger partial charge on any atom is -0.390 e. The van der Waals surface area contributed by atoms with Crippen molar-refractivity contribution in [3.05, 3.63) is 35.4 Å². The summed E-state index contributed by atoms with van der Waals surface area (Å²) >= 11 is 0. The Balaban J connectivity index is 1.94. The number of carbonyl (C=O) groups excluding carboxylic acids is 1. The molecule has 1 fully saturated rings. The van der Waals surface area contributed by atoms with Crippen LogP contribution in [0.3, 0.4) is 0 Å². The fourth-order valence-electron chi connectivity index (χ4n) is 3.06. The van der Waals surface area contributed by atoms with Crippen LogP contribution < -0.4 is 5.32 Å². The van der Waals surface area contributed by atoms with Crippen molar-refractivity contribution in [1.82, 2.24) is 10.2 Å². The van der Waals surface area contributed by atoms with E-state index in [0.29, 0.717) is 12.0 Å². The lowest BCUT2D eigenvalue weighted by Gasteiger charge is -2.35. The Morgan fingerprint density at radius 3 is 2.56 bits per heavy atom. The molecular formula is C20H32N2O3. The number of benzene rings is 1. The van der Waals surface area contributed by atoms with Gasteiger partial charge in [-0.2, -0.15) is 0 Å². The fraction of sp³-hybridized carbons (Fsp3) is 0.650. The van der Waals surface area contributed by atoms with E-state index in [1.807, 2.05) is 24.3 Å². The summed E-state index contributed by atoms with van der Waals surface area (Å²) in [5.74, 6) is -0.0524. The van der Waals surface area contributed by atoms with E-state index in [9.17, 15) is 9.90 Å². The Labute approximate surface area is 151 Å². The number of hydrogen-bond acceptors (Lipinski definition) is 4. The minimum atomic E-state index is -0.696. The molecule has 140 valence electrons. The summed E-state index contributed by atoms with van der Waals surface area (Å²) in [5, 5.41) is 13.0. The predicted octanol–water partition coefficient (Wildman–Crippen LogP) is 2.23. The Hall–Kier alpha value is -1.43. The molecule has 1 heterocycles. The van der Waals surface area contributed by atoms with E-state index in [4.69, 9.17) is 4.74 Å². The van der Waals surface area contributed by atoms with Crippen LogP contribution in [0.1, 0.15) is 50.0 Å². The molecule has 0 aromatic heterocycles. The summed E-state index contributed by atoms with van der Waals surface area (Å²) in [4.78, 5) is 15.0. The van der Waals surface area contributed by atoms with Crippen LogP contribution in [0.25, 0.3) is 0 Å². The third kappa shape index (κ3) is 7.14. The first-order valence-electron chi connectivity index (χ1n) is 9.09. The van der Waals surface area contributed by atoms with E-state index < -0.39 is 5.60 Å². The van der Waals surface area contributed by atoms with E-state index in [1.54, 1.807) is 13.8 Å². The third-order valence-electron chi connectivity index (χ3n) is 4.39. The molecule has 0 saturated carbocycles. The maximum absolute atomic E-state index is 12.7. The summed E-state index contributed by atoms with van der Waals surface area (Å²) in [6.07, 6.45) is 1.42. The van der Waals surface area contributed by atoms with Crippen molar-refractivity contribution in [2.24, 2.45) is 0 Å². The molecule has 5 heteroatoms. The van der Waals surface area contributed by atoms with Gasteiger partial charge in [-0.1, -0.05) is 12.1 Å². The molecule has 0 spiro atoms. The van der Waals surface area contributed by atoms with Gasteiger partial charge in [-0.15, -0.1) is 0 Å². The van der Waals surface area contributed by atoms with Gasteiger partial charge < -0.3 is 15.2 Å². The molecule has 1 aliphatic heterocycles. The summed E-state index contributed by atoms with van der Waals surface area (Å²) in [5.41, 5.74) is 0.736. The number of nitrogens with one attached hydrogen (secondary N) is 1. The lowest BCUT2D eigenvalue weighted by atomic mass is 9.97. The highest BCUT2D eigenvalue weighted by atomic mass is 16.5. The number of carbonyl (C=O) groups is 1. The normalized spacial score (nSPS) is 16.7. The highest BCUT2D eigenvalue weighted by Crippen LogP contribution is 2.15. The first-order valence-corrected chi connectivity index (χ1v) is 9.09. The molecule has 0 bridgehead atoms. The number of rotatable bonds is 7. The third-order valence-corrected chi connectivity index (χ3v) is 4.39. The molecule has 1 saturated heterocycles. The predicted molar refractivity (Wildman–Crippen MR) is 99.9 cm³/mol. The van der Waals surface area contributed by atoms with Crippen LogP contribution in [0.2, 0.25) is 0 Å². The lowest BCUT2D eigenvalue weighted by molar-refractivity contribution is 0.0269. The standard InChI is InChI=1S/C20H32N2O3/c1-19(2,15-22-10-12-25-13-11-22)21-18(23)17-7-5-6-16(14-17)8-9-20(3,4)24/h5-7,14,24H,8-13,15H2,1-4H3,(H,21,23). The second-order valence-corrected chi connectivity index (χ2v) is 8.24. The van der Waals surface area contributed by atoms with Gasteiger partial charge in [-0.3, -0.25) is 9.69 Å². The molecule has 5 nitrogen and oxygen atoms in total. The van der Waals surface area contributed by atoms with Gasteiger partial charge in [0.15, 0.2) is 0 Å². The highest BCUT2D eigenvalue weighted by molar-refractivity contribution is 5.94. The first-order chi connectivity index (χ1) is 11.6. The maximum Gasteiger partial charge on any atom is 0.251 e. The monoisotopic (exact) mass is 348 g/mol. The Morgan fingerprint density at radius 1 is 1.24 bits per heavy atom. The molecule has 1 amide bonds. The summed E-state index contributed by atoms with van der Waals surface area (Å²) in [6, 6.07) is 7.67. The van der Waals surface area contributed by atoms with Gasteiger partial charge in [0.05, 0.1) is 18.8 Å². The summed E-state index contributed by atoms with van der Waals surface area (Å²) in [7, 11) is 0. The van der Waals surface area contributed by atoms with Crippen LogP contribution in [0.15, 0.2) is 24.3 Å². The topological polar surface area (TPSA) is 61.8 Å². The SMILES string of the molecule is CC(C)(O)CCc1cccc(C(=O)NC(C)(C)CN2CCOCC2)c1. The number of morpholine rings is 1. The van der Waals surface area contributed by atoms with Crippen LogP contribution in [0.4, 0.5) is 0 Å². The average molecular weight is 348 g/mol. The van der Waals surface area contributed by atoms with Crippen molar-refractivity contribution in [2.45, 2.75) is 51.7 Å². The van der Waals surface area contributed by atoms with Crippen molar-refractivity contribution >= 4 is 5.91 Å². The van der Waals surface area contributed by atoms with Gasteiger partial charge in [0.2, 0.25) is 0 Å². The zero-order valence-electron chi connectivity index (χ0n) is 16.0. The molecule has 1 aromatic rings. The molecule has 0 unspecified atom stereocenters. The van der Waals surface area contributed by atoms with Crippen LogP contribution >= 0.6 is 0 Å². The zero-order valence-corrected chi connectivity index (χ0v) is 16.0. The van der Waals surface area contributed by atoms with Crippen LogP contribution in [-0.2, 0) is 11.2 Å². The summed E-state index contributed by atoms with van der Waals surface area (Å²) in [6.45, 7) is 11.9. The molecular weight excluding hydrogens is 316 g/mol. The van der Waals surface area contributed by atoms with Gasteiger partial charge in [-0.05, 0) is 58.2 Å². The Kier molecular flexibility index (Phi) is 6.60. The van der Waals surface area contributed by atoms with Crippen LogP contribution in [0, 0.1) is 0 Å². The second-order valence-electron chi connectivity index (χ2n) is 8.24. The number of nitrogens with zero attached hydrogens (tertiary/aromatic N) is 1. The maximum atomic E-state index is 12.7. The molecule has 0 radical (unpaired) electrons. The zero-order chi connectivity index (χ0) is 18.5. The molecule has 0 aliphatic carbocycles. The van der Waals surface area contributed by atoms with Crippen molar-refractivity contribution in [3.63, 3.8) is 0 Å². The number of amides is 1. The number of ether oxygens (including phenoxy) is 1. The van der Waals surface area contributed by atoms with E-state index in [1.165, 1.54) is 0 Å². The molecule has 1 aromatic carbocycles. The summed E-state index contributed by atoms with van der Waals surface area (Å²) < 4.78 is 5.38. The van der Waals surface area contributed by atoms with Gasteiger partial charge >= 0.3 is 0 Å². The van der Waals surface area contributed by atoms with E-state index in [2.05, 4.69) is 24.1 Å². The van der Waals surface area contributed by atoms with Crippen molar-refractivity contribution in [2.75, 3.05) is 32.8 Å². The van der Waals surface area contributed by atoms with Crippen LogP contribution in [0.5, 0.6) is 0 Å². The first kappa shape index (κ1) is 19.9. The van der Waals surface area contributed by atoms with Gasteiger partial charge in [-0.25, -0.2) is 0 Å². The molecule has 2 rings (SSSR count). The largest absolute Gasteiger partial charge is 0.390 e. The fourth-order valence-corrected chi connectivity index (χ4v) is 3.06. The Bertz CT molecular complexity index is 573. The van der Waals surface area contributed by atoms with E-state index in [-0.39, 0.29) is 11.4 Å². The Morgan fingerprint density at radius 2 is 1.92 bits per heavy atom. The van der Waals surface area contributed by atoms with Gasteiger partial charge in [0.1, 0.15) is 0 Å². The van der Waals surface area contributed by atoms with Crippen molar-refractivity contribution < 1.29 is 14.6 Å².